The van der Waals surface area contributed by atoms with Crippen molar-refractivity contribution in [2.75, 3.05) is 19.6 Å². The Kier molecular flexibility index (Phi) is 4.30. The summed E-state index contributed by atoms with van der Waals surface area (Å²) in [7, 11) is 0. The Bertz CT molecular complexity index is 253. The van der Waals surface area contributed by atoms with Crippen LogP contribution < -0.4 is 0 Å². The fourth-order valence-electron chi connectivity index (χ4n) is 3.08. The number of hydrogen-bond acceptors (Lipinski definition) is 1. The van der Waals surface area contributed by atoms with Crippen LogP contribution in [-0.2, 0) is 0 Å². The molecule has 1 aliphatic heterocycles. The lowest BCUT2D eigenvalue weighted by Gasteiger charge is -2.34. The first-order valence-electron chi connectivity index (χ1n) is 7.24. The van der Waals surface area contributed by atoms with E-state index in [-0.39, 0.29) is 0 Å². The van der Waals surface area contributed by atoms with Crippen LogP contribution in [0, 0.1) is 5.92 Å². The van der Waals surface area contributed by atoms with Gasteiger partial charge in [-0.05, 0) is 31.6 Å². The number of rotatable bonds is 3. The highest BCUT2D eigenvalue weighted by Crippen LogP contribution is 2.26. The van der Waals surface area contributed by atoms with Gasteiger partial charge in [0.2, 0.25) is 0 Å². The van der Waals surface area contributed by atoms with Crippen molar-refractivity contribution in [2.45, 2.75) is 58.4 Å². The van der Waals surface area contributed by atoms with Gasteiger partial charge in [-0.3, -0.25) is 0 Å². The molecule has 2 rings (SSSR count). The number of amides is 2. The van der Waals surface area contributed by atoms with Gasteiger partial charge in [-0.15, -0.1) is 0 Å². The summed E-state index contributed by atoms with van der Waals surface area (Å²) in [5.74, 6) is 0.571. The van der Waals surface area contributed by atoms with Crippen LogP contribution in [-0.4, -0.2) is 41.5 Å². The maximum Gasteiger partial charge on any atom is 0.320 e. The molecule has 0 radical (unpaired) electrons. The number of carbonyl (C=O) groups is 1. The van der Waals surface area contributed by atoms with Gasteiger partial charge in [0.15, 0.2) is 0 Å². The van der Waals surface area contributed by atoms with Gasteiger partial charge in [-0.25, -0.2) is 4.79 Å². The zero-order valence-corrected chi connectivity index (χ0v) is 11.3. The van der Waals surface area contributed by atoms with Crippen molar-refractivity contribution in [2.24, 2.45) is 5.92 Å². The molecule has 2 aliphatic rings. The summed E-state index contributed by atoms with van der Waals surface area (Å²) in [4.78, 5) is 16.7. The van der Waals surface area contributed by atoms with E-state index in [0.29, 0.717) is 18.0 Å². The van der Waals surface area contributed by atoms with Crippen LogP contribution in [0.1, 0.15) is 52.4 Å². The van der Waals surface area contributed by atoms with Crippen LogP contribution in [0.4, 0.5) is 4.79 Å². The molecule has 0 aromatic heterocycles. The number of nitrogens with zero attached hydrogens (tertiary/aromatic N) is 2. The Hall–Kier alpha value is -0.730. The zero-order chi connectivity index (χ0) is 12.3. The van der Waals surface area contributed by atoms with Gasteiger partial charge in [0.25, 0.3) is 0 Å². The molecule has 0 N–H and O–H groups in total. The highest BCUT2D eigenvalue weighted by Gasteiger charge is 2.31. The van der Waals surface area contributed by atoms with Gasteiger partial charge in [0.05, 0.1) is 0 Å². The minimum absolute atomic E-state index is 0.308. The third-order valence-corrected chi connectivity index (χ3v) is 3.95. The average Bonchev–Trinajstić information content (AvgIpc) is 2.96. The molecule has 0 bridgehead atoms. The summed E-state index contributed by atoms with van der Waals surface area (Å²) in [6, 6.07) is 0.827. The van der Waals surface area contributed by atoms with Crippen molar-refractivity contribution in [3.8, 4) is 0 Å². The molecule has 1 saturated heterocycles. The number of carbonyl (C=O) groups excluding carboxylic acids is 1. The van der Waals surface area contributed by atoms with E-state index in [1.807, 2.05) is 0 Å². The number of likely N-dealkylation sites (tertiary alicyclic amines) is 1. The number of urea groups is 1. The predicted octanol–water partition coefficient (Wildman–Crippen LogP) is 3.10. The summed E-state index contributed by atoms with van der Waals surface area (Å²) in [5, 5.41) is 0. The third-order valence-electron chi connectivity index (χ3n) is 3.95. The van der Waals surface area contributed by atoms with Crippen molar-refractivity contribution < 1.29 is 4.79 Å². The van der Waals surface area contributed by atoms with Crippen LogP contribution in [0.3, 0.4) is 0 Å². The second kappa shape index (κ2) is 5.74. The van der Waals surface area contributed by atoms with Gasteiger partial charge in [0, 0.05) is 25.7 Å². The van der Waals surface area contributed by atoms with Crippen LogP contribution >= 0.6 is 0 Å². The van der Waals surface area contributed by atoms with Crippen molar-refractivity contribution in [1.82, 2.24) is 9.80 Å². The molecular weight excluding hydrogens is 212 g/mol. The Labute approximate surface area is 105 Å². The van der Waals surface area contributed by atoms with Crippen molar-refractivity contribution in [1.29, 1.82) is 0 Å². The van der Waals surface area contributed by atoms with E-state index >= 15 is 0 Å². The molecule has 1 aliphatic carbocycles. The van der Waals surface area contributed by atoms with E-state index in [2.05, 4.69) is 23.6 Å². The van der Waals surface area contributed by atoms with Crippen molar-refractivity contribution in [3.63, 3.8) is 0 Å². The van der Waals surface area contributed by atoms with E-state index in [0.717, 1.165) is 19.6 Å². The second-order valence-electron chi connectivity index (χ2n) is 5.96. The van der Waals surface area contributed by atoms with E-state index in [1.54, 1.807) is 0 Å². The van der Waals surface area contributed by atoms with Gasteiger partial charge in [0.1, 0.15) is 0 Å². The first kappa shape index (κ1) is 12.7. The van der Waals surface area contributed by atoms with E-state index in [4.69, 9.17) is 0 Å². The molecule has 2 fully saturated rings. The number of hydrogen-bond donors (Lipinski definition) is 0. The lowest BCUT2D eigenvalue weighted by Crippen LogP contribution is -2.47. The van der Waals surface area contributed by atoms with Crippen molar-refractivity contribution >= 4 is 6.03 Å². The molecule has 3 heteroatoms. The Morgan fingerprint density at radius 2 is 1.76 bits per heavy atom. The first-order chi connectivity index (χ1) is 8.18. The van der Waals surface area contributed by atoms with Gasteiger partial charge >= 0.3 is 6.03 Å². The molecule has 2 amide bonds. The lowest BCUT2D eigenvalue weighted by molar-refractivity contribution is 0.134. The lowest BCUT2D eigenvalue weighted by atomic mass is 10.1. The Morgan fingerprint density at radius 1 is 1.18 bits per heavy atom. The molecule has 98 valence electrons. The van der Waals surface area contributed by atoms with Crippen LogP contribution in [0.25, 0.3) is 0 Å². The van der Waals surface area contributed by atoms with Gasteiger partial charge in [-0.2, -0.15) is 0 Å². The second-order valence-corrected chi connectivity index (χ2v) is 5.96. The van der Waals surface area contributed by atoms with E-state index < -0.39 is 0 Å². The van der Waals surface area contributed by atoms with Gasteiger partial charge < -0.3 is 9.80 Å². The molecule has 1 saturated carbocycles. The molecule has 0 aromatic carbocycles. The van der Waals surface area contributed by atoms with Crippen LogP contribution in [0.5, 0.6) is 0 Å². The Balaban J connectivity index is 1.99. The van der Waals surface area contributed by atoms with E-state index in [9.17, 15) is 4.79 Å². The summed E-state index contributed by atoms with van der Waals surface area (Å²) >= 11 is 0. The molecule has 0 spiro atoms. The normalized spacial score (nSPS) is 21.5. The minimum atomic E-state index is 0.308. The highest BCUT2D eigenvalue weighted by atomic mass is 16.2. The maximum absolute atomic E-state index is 12.5. The summed E-state index contributed by atoms with van der Waals surface area (Å²) in [5.41, 5.74) is 0. The average molecular weight is 238 g/mol. The fourth-order valence-corrected chi connectivity index (χ4v) is 3.08. The molecule has 1 heterocycles. The predicted molar refractivity (Wildman–Crippen MR) is 70.0 cm³/mol. The fraction of sp³-hybridized carbons (Fsp3) is 0.929. The summed E-state index contributed by atoms with van der Waals surface area (Å²) < 4.78 is 0. The zero-order valence-electron chi connectivity index (χ0n) is 11.3. The minimum Gasteiger partial charge on any atom is -0.325 e. The molecule has 0 unspecified atom stereocenters. The third kappa shape index (κ3) is 3.14. The summed E-state index contributed by atoms with van der Waals surface area (Å²) in [6.45, 7) is 7.29. The largest absolute Gasteiger partial charge is 0.325 e. The monoisotopic (exact) mass is 238 g/mol. The van der Waals surface area contributed by atoms with Crippen molar-refractivity contribution in [3.05, 3.63) is 0 Å². The molecular formula is C14H26N2O. The quantitative estimate of drug-likeness (QED) is 0.741. The SMILES string of the molecule is CC(C)CN(C(=O)N1CCCC1)C1CCCC1. The van der Waals surface area contributed by atoms with Gasteiger partial charge in [-0.1, -0.05) is 26.7 Å². The van der Waals surface area contributed by atoms with E-state index in [1.165, 1.54) is 38.5 Å². The highest BCUT2D eigenvalue weighted by molar-refractivity contribution is 5.75. The molecule has 3 nitrogen and oxygen atoms in total. The maximum atomic E-state index is 12.5. The Morgan fingerprint density at radius 3 is 2.29 bits per heavy atom. The van der Waals surface area contributed by atoms with Crippen LogP contribution in [0.2, 0.25) is 0 Å². The topological polar surface area (TPSA) is 23.6 Å². The molecule has 0 atom stereocenters. The summed E-state index contributed by atoms with van der Waals surface area (Å²) in [6.07, 6.45) is 7.40. The molecule has 17 heavy (non-hydrogen) atoms. The first-order valence-corrected chi connectivity index (χ1v) is 7.24. The molecule has 0 aromatic rings. The van der Waals surface area contributed by atoms with Crippen LogP contribution in [0.15, 0.2) is 0 Å². The standard InChI is InChI=1S/C14H26N2O/c1-12(2)11-16(13-7-3-4-8-13)14(17)15-9-5-6-10-15/h12-13H,3-11H2,1-2H3. The smallest absolute Gasteiger partial charge is 0.320 e.